The van der Waals surface area contributed by atoms with E-state index in [0.717, 1.165) is 22.7 Å². The van der Waals surface area contributed by atoms with E-state index in [-0.39, 0.29) is 37.4 Å². The van der Waals surface area contributed by atoms with E-state index in [9.17, 15) is 18.0 Å². The van der Waals surface area contributed by atoms with Crippen LogP contribution in [-0.2, 0) is 26.2 Å². The van der Waals surface area contributed by atoms with E-state index in [2.05, 4.69) is 21.2 Å². The Hall–Kier alpha value is -2.10. The molecule has 0 aliphatic heterocycles. The monoisotopic (exact) mass is 585 g/mol. The highest BCUT2D eigenvalue weighted by Crippen LogP contribution is 2.22. The molecule has 0 saturated heterocycles. The fraction of sp³-hybridized carbons (Fsp3) is 0.440. The van der Waals surface area contributed by atoms with E-state index in [0.29, 0.717) is 17.1 Å². The number of benzene rings is 2. The van der Waals surface area contributed by atoms with Crippen molar-refractivity contribution in [2.75, 3.05) is 17.1 Å². The molecule has 0 spiro atoms. The van der Waals surface area contributed by atoms with Gasteiger partial charge in [0.05, 0.1) is 11.9 Å². The molecule has 192 valence electrons. The number of carbonyl (C=O) groups excluding carboxylic acids is 2. The number of nitrogens with zero attached hydrogens (tertiary/aromatic N) is 2. The summed E-state index contributed by atoms with van der Waals surface area (Å²) in [7, 11) is -3.55. The normalized spacial score (nSPS) is 13.1. The molecule has 0 fully saturated rings. The van der Waals surface area contributed by atoms with Crippen LogP contribution in [0.4, 0.5) is 5.69 Å². The molecule has 0 saturated carbocycles. The first-order chi connectivity index (χ1) is 16.4. The van der Waals surface area contributed by atoms with Crippen molar-refractivity contribution in [1.29, 1.82) is 0 Å². The minimum Gasteiger partial charge on any atom is -0.352 e. The predicted molar refractivity (Wildman–Crippen MR) is 145 cm³/mol. The van der Waals surface area contributed by atoms with Gasteiger partial charge in [0.15, 0.2) is 0 Å². The van der Waals surface area contributed by atoms with Crippen LogP contribution in [0.5, 0.6) is 0 Å². The molecular weight excluding hydrogens is 554 g/mol. The van der Waals surface area contributed by atoms with Crippen molar-refractivity contribution < 1.29 is 18.0 Å². The van der Waals surface area contributed by atoms with Gasteiger partial charge < -0.3 is 10.2 Å². The zero-order valence-electron chi connectivity index (χ0n) is 20.5. The standard InChI is InChI=1S/C25H33BrClN3O4S/c1-5-18(2)28-25(32)19(3)29(17-20-8-6-9-21(26)16-20)24(31)10-7-15-30(35(4,33)34)23-13-11-22(27)12-14-23/h6,8-9,11-14,16,18-19H,5,7,10,15,17H2,1-4H3,(H,28,32)/t18-,19-/m0/s1. The van der Waals surface area contributed by atoms with Gasteiger partial charge in [-0.3, -0.25) is 13.9 Å². The molecule has 10 heteroatoms. The zero-order chi connectivity index (χ0) is 26.2. The van der Waals surface area contributed by atoms with Gasteiger partial charge in [-0.25, -0.2) is 8.42 Å². The molecule has 0 aromatic heterocycles. The molecule has 0 bridgehead atoms. The lowest BCUT2D eigenvalue weighted by molar-refractivity contribution is -0.140. The Kier molecular flexibility index (Phi) is 11.0. The van der Waals surface area contributed by atoms with Gasteiger partial charge in [0.25, 0.3) is 0 Å². The summed E-state index contributed by atoms with van der Waals surface area (Å²) in [6.45, 7) is 6.00. The minimum absolute atomic E-state index is 0.00420. The second-order valence-corrected chi connectivity index (χ2v) is 11.8. The lowest BCUT2D eigenvalue weighted by atomic mass is 10.1. The molecule has 2 rings (SSSR count). The Morgan fingerprint density at radius 1 is 1.11 bits per heavy atom. The molecule has 7 nitrogen and oxygen atoms in total. The summed E-state index contributed by atoms with van der Waals surface area (Å²) in [5.74, 6) is -0.442. The van der Waals surface area contributed by atoms with Crippen molar-refractivity contribution in [1.82, 2.24) is 10.2 Å². The summed E-state index contributed by atoms with van der Waals surface area (Å²) in [6, 6.07) is 13.4. The molecule has 2 aromatic rings. The Bertz CT molecular complexity index is 1110. The Balaban J connectivity index is 2.16. The second-order valence-electron chi connectivity index (χ2n) is 8.56. The molecule has 2 aromatic carbocycles. The van der Waals surface area contributed by atoms with Gasteiger partial charge in [-0.05, 0) is 68.7 Å². The Morgan fingerprint density at radius 3 is 2.34 bits per heavy atom. The molecule has 0 aliphatic carbocycles. The topological polar surface area (TPSA) is 86.8 Å². The summed E-state index contributed by atoms with van der Waals surface area (Å²) in [6.07, 6.45) is 2.30. The molecule has 0 unspecified atom stereocenters. The van der Waals surface area contributed by atoms with Crippen LogP contribution in [-0.4, -0.2) is 50.0 Å². The van der Waals surface area contributed by atoms with Gasteiger partial charge in [-0.2, -0.15) is 0 Å². The maximum atomic E-state index is 13.3. The minimum atomic E-state index is -3.55. The summed E-state index contributed by atoms with van der Waals surface area (Å²) in [5.41, 5.74) is 1.37. The lowest BCUT2D eigenvalue weighted by Gasteiger charge is -2.30. The van der Waals surface area contributed by atoms with Crippen molar-refractivity contribution in [3.63, 3.8) is 0 Å². The lowest BCUT2D eigenvalue weighted by Crippen LogP contribution is -2.49. The largest absolute Gasteiger partial charge is 0.352 e. The van der Waals surface area contributed by atoms with Crippen molar-refractivity contribution in [2.45, 2.75) is 58.7 Å². The molecular formula is C25H33BrClN3O4S. The van der Waals surface area contributed by atoms with E-state index in [1.54, 1.807) is 36.1 Å². The maximum Gasteiger partial charge on any atom is 0.242 e. The quantitative estimate of drug-likeness (QED) is 0.380. The van der Waals surface area contributed by atoms with Crippen LogP contribution < -0.4 is 9.62 Å². The third-order valence-electron chi connectivity index (χ3n) is 5.68. The molecule has 0 heterocycles. The van der Waals surface area contributed by atoms with Gasteiger partial charge in [-0.1, -0.05) is 46.6 Å². The second kappa shape index (κ2) is 13.3. The zero-order valence-corrected chi connectivity index (χ0v) is 23.7. The van der Waals surface area contributed by atoms with Crippen LogP contribution in [0.2, 0.25) is 5.02 Å². The molecule has 0 radical (unpaired) electrons. The van der Waals surface area contributed by atoms with Crippen LogP contribution in [0, 0.1) is 0 Å². The number of halogens is 2. The summed E-state index contributed by atoms with van der Waals surface area (Å²) < 4.78 is 26.9. The maximum absolute atomic E-state index is 13.3. The first-order valence-corrected chi connectivity index (χ1v) is 14.5. The van der Waals surface area contributed by atoms with E-state index in [1.165, 1.54) is 4.31 Å². The molecule has 2 atom stereocenters. The first kappa shape index (κ1) is 29.1. The van der Waals surface area contributed by atoms with Crippen LogP contribution >= 0.6 is 27.5 Å². The third kappa shape index (κ3) is 9.13. The van der Waals surface area contributed by atoms with Crippen LogP contribution in [0.15, 0.2) is 53.0 Å². The molecule has 2 amide bonds. The fourth-order valence-electron chi connectivity index (χ4n) is 3.49. The number of amides is 2. The third-order valence-corrected chi connectivity index (χ3v) is 7.62. The number of carbonyl (C=O) groups is 2. The highest BCUT2D eigenvalue weighted by molar-refractivity contribution is 9.10. The van der Waals surface area contributed by atoms with Gasteiger partial charge in [0.2, 0.25) is 21.8 Å². The molecule has 1 N–H and O–H groups in total. The van der Waals surface area contributed by atoms with Crippen LogP contribution in [0.25, 0.3) is 0 Å². The average molecular weight is 587 g/mol. The number of hydrogen-bond acceptors (Lipinski definition) is 4. The highest BCUT2D eigenvalue weighted by atomic mass is 79.9. The highest BCUT2D eigenvalue weighted by Gasteiger charge is 2.27. The smallest absolute Gasteiger partial charge is 0.242 e. The Labute approximate surface area is 222 Å². The number of nitrogens with one attached hydrogen (secondary N) is 1. The van der Waals surface area contributed by atoms with Crippen molar-refractivity contribution in [3.8, 4) is 0 Å². The summed E-state index contributed by atoms with van der Waals surface area (Å²) >= 11 is 9.38. The SMILES string of the molecule is CC[C@H](C)NC(=O)[C@H](C)N(Cc1cccc(Br)c1)C(=O)CCCN(c1ccc(Cl)cc1)S(C)(=O)=O. The van der Waals surface area contributed by atoms with Gasteiger partial charge in [0, 0.05) is 35.0 Å². The van der Waals surface area contributed by atoms with Gasteiger partial charge >= 0.3 is 0 Å². The first-order valence-electron chi connectivity index (χ1n) is 11.5. The number of rotatable bonds is 12. The predicted octanol–water partition coefficient (Wildman–Crippen LogP) is 4.98. The molecule has 0 aliphatic rings. The molecule has 35 heavy (non-hydrogen) atoms. The van der Waals surface area contributed by atoms with Gasteiger partial charge in [-0.15, -0.1) is 0 Å². The van der Waals surface area contributed by atoms with E-state index >= 15 is 0 Å². The van der Waals surface area contributed by atoms with Crippen molar-refractivity contribution >= 4 is 55.1 Å². The van der Waals surface area contributed by atoms with E-state index in [4.69, 9.17) is 11.6 Å². The Morgan fingerprint density at radius 2 is 1.77 bits per heavy atom. The van der Waals surface area contributed by atoms with Crippen LogP contribution in [0.3, 0.4) is 0 Å². The average Bonchev–Trinajstić information content (AvgIpc) is 2.79. The number of sulfonamides is 1. The fourth-order valence-corrected chi connectivity index (χ4v) is 5.03. The van der Waals surface area contributed by atoms with E-state index < -0.39 is 16.1 Å². The van der Waals surface area contributed by atoms with Crippen molar-refractivity contribution in [3.05, 3.63) is 63.6 Å². The summed E-state index contributed by atoms with van der Waals surface area (Å²) in [5, 5.41) is 3.45. The van der Waals surface area contributed by atoms with Gasteiger partial charge in [0.1, 0.15) is 6.04 Å². The van der Waals surface area contributed by atoms with E-state index in [1.807, 2.05) is 38.1 Å². The van der Waals surface area contributed by atoms with Crippen molar-refractivity contribution in [2.24, 2.45) is 0 Å². The van der Waals surface area contributed by atoms with Crippen LogP contribution in [0.1, 0.15) is 45.6 Å². The number of hydrogen-bond donors (Lipinski definition) is 1. The number of anilines is 1. The summed E-state index contributed by atoms with van der Waals surface area (Å²) in [4.78, 5) is 27.7.